The van der Waals surface area contributed by atoms with Gasteiger partial charge >= 0.3 is 0 Å². The minimum Gasteiger partial charge on any atom is -0.301 e. The summed E-state index contributed by atoms with van der Waals surface area (Å²) in [6.07, 6.45) is 4.39. The molecule has 0 saturated heterocycles. The Bertz CT molecular complexity index is 537. The van der Waals surface area contributed by atoms with Gasteiger partial charge in [-0.2, -0.15) is 5.21 Å². The molecule has 100 valence electrons. The molecule has 2 N–H and O–H groups in total. The third kappa shape index (κ3) is 2.04. The Kier molecular flexibility index (Phi) is 3.29. The summed E-state index contributed by atoms with van der Waals surface area (Å²) in [6.45, 7) is 3.17. The Labute approximate surface area is 112 Å². The van der Waals surface area contributed by atoms with Crippen molar-refractivity contribution in [3.8, 4) is 0 Å². The number of H-pyrrole nitrogens is 1. The Morgan fingerprint density at radius 3 is 3.05 bits per heavy atom. The lowest BCUT2D eigenvalue weighted by atomic mass is 9.90. The van der Waals surface area contributed by atoms with Crippen LogP contribution in [0.4, 0.5) is 0 Å². The largest absolute Gasteiger partial charge is 0.301 e. The van der Waals surface area contributed by atoms with Crippen molar-refractivity contribution in [3.63, 3.8) is 0 Å². The van der Waals surface area contributed by atoms with Crippen LogP contribution in [0.3, 0.4) is 0 Å². The van der Waals surface area contributed by atoms with Crippen molar-refractivity contribution >= 4 is 0 Å². The molecule has 0 bridgehead atoms. The van der Waals surface area contributed by atoms with Gasteiger partial charge in [-0.3, -0.25) is 0 Å². The molecule has 0 radical (unpaired) electrons. The fourth-order valence-corrected chi connectivity index (χ4v) is 2.93. The van der Waals surface area contributed by atoms with E-state index in [-0.39, 0.29) is 5.54 Å². The second kappa shape index (κ2) is 5.09. The van der Waals surface area contributed by atoms with E-state index < -0.39 is 0 Å². The summed E-state index contributed by atoms with van der Waals surface area (Å²) in [5.41, 5.74) is 2.42. The molecule has 1 atom stereocenters. The minimum atomic E-state index is -0.265. The average molecular weight is 257 g/mol. The number of aryl methyl sites for hydroxylation is 1. The van der Waals surface area contributed by atoms with Crippen LogP contribution >= 0.6 is 0 Å². The first-order valence-corrected chi connectivity index (χ1v) is 6.94. The number of nitrogens with one attached hydrogen (secondary N) is 2. The van der Waals surface area contributed by atoms with Crippen LogP contribution in [-0.4, -0.2) is 27.2 Å². The van der Waals surface area contributed by atoms with Gasteiger partial charge in [-0.1, -0.05) is 42.8 Å². The fraction of sp³-hybridized carbons (Fsp3) is 0.500. The summed E-state index contributed by atoms with van der Waals surface area (Å²) in [6, 6.07) is 8.55. The Morgan fingerprint density at radius 2 is 2.26 bits per heavy atom. The summed E-state index contributed by atoms with van der Waals surface area (Å²) in [5, 5.41) is 18.5. The minimum absolute atomic E-state index is 0.265. The lowest BCUT2D eigenvalue weighted by Gasteiger charge is -2.28. The third-order valence-corrected chi connectivity index (χ3v) is 3.93. The molecule has 0 spiro atoms. The van der Waals surface area contributed by atoms with Crippen LogP contribution in [-0.2, 0) is 12.0 Å². The van der Waals surface area contributed by atoms with E-state index in [1.165, 1.54) is 17.5 Å². The van der Waals surface area contributed by atoms with Gasteiger partial charge in [0.05, 0.1) is 0 Å². The highest BCUT2D eigenvalue weighted by molar-refractivity contribution is 5.43. The van der Waals surface area contributed by atoms with Crippen LogP contribution in [0.5, 0.6) is 0 Å². The molecular weight excluding hydrogens is 238 g/mol. The van der Waals surface area contributed by atoms with Gasteiger partial charge in [0, 0.05) is 0 Å². The Morgan fingerprint density at radius 1 is 1.37 bits per heavy atom. The number of nitrogens with zero attached hydrogens (tertiary/aromatic N) is 3. The van der Waals surface area contributed by atoms with E-state index in [4.69, 9.17) is 0 Å². The van der Waals surface area contributed by atoms with Gasteiger partial charge in [0.2, 0.25) is 0 Å². The summed E-state index contributed by atoms with van der Waals surface area (Å²) in [7, 11) is 0. The SMILES string of the molecule is CCCCNC1(c2nn[nH]n2)CCc2ccccc21. The van der Waals surface area contributed by atoms with Gasteiger partial charge in [0.1, 0.15) is 5.54 Å². The number of benzene rings is 1. The molecule has 19 heavy (non-hydrogen) atoms. The van der Waals surface area contributed by atoms with Crippen LogP contribution in [0.2, 0.25) is 0 Å². The van der Waals surface area contributed by atoms with Gasteiger partial charge in [0.15, 0.2) is 5.82 Å². The molecule has 1 aromatic heterocycles. The standard InChI is InChI=1S/C14H19N5/c1-2-3-10-15-14(13-16-18-19-17-13)9-8-11-6-4-5-7-12(11)14/h4-7,15H,2-3,8-10H2,1H3,(H,16,17,18,19). The molecule has 0 saturated carbocycles. The zero-order valence-electron chi connectivity index (χ0n) is 11.2. The molecular formula is C14H19N5. The van der Waals surface area contributed by atoms with Crippen molar-refractivity contribution in [2.45, 2.75) is 38.1 Å². The van der Waals surface area contributed by atoms with E-state index in [9.17, 15) is 0 Å². The van der Waals surface area contributed by atoms with E-state index >= 15 is 0 Å². The second-order valence-corrected chi connectivity index (χ2v) is 5.08. The van der Waals surface area contributed by atoms with Gasteiger partial charge in [-0.25, -0.2) is 0 Å². The van der Waals surface area contributed by atoms with E-state index in [2.05, 4.69) is 57.1 Å². The topological polar surface area (TPSA) is 66.5 Å². The smallest absolute Gasteiger partial charge is 0.199 e. The van der Waals surface area contributed by atoms with Crippen molar-refractivity contribution in [1.29, 1.82) is 0 Å². The number of unbranched alkanes of at least 4 members (excludes halogenated alkanes) is 1. The highest BCUT2D eigenvalue weighted by atomic mass is 15.5. The van der Waals surface area contributed by atoms with Gasteiger partial charge in [-0.15, -0.1) is 10.2 Å². The molecule has 1 aromatic carbocycles. The molecule has 5 heteroatoms. The van der Waals surface area contributed by atoms with Gasteiger partial charge in [-0.05, 0) is 36.9 Å². The maximum atomic E-state index is 4.24. The first-order chi connectivity index (χ1) is 9.37. The van der Waals surface area contributed by atoms with Crippen molar-refractivity contribution in [3.05, 3.63) is 41.2 Å². The number of rotatable bonds is 5. The van der Waals surface area contributed by atoms with Crippen LogP contribution in [0, 0.1) is 0 Å². The highest BCUT2D eigenvalue weighted by Crippen LogP contribution is 2.40. The number of hydrogen-bond acceptors (Lipinski definition) is 4. The zero-order valence-corrected chi connectivity index (χ0v) is 11.2. The quantitative estimate of drug-likeness (QED) is 0.801. The number of aromatic amines is 1. The van der Waals surface area contributed by atoms with Crippen LogP contribution in [0.25, 0.3) is 0 Å². The summed E-state index contributed by atoms with van der Waals surface area (Å²) >= 11 is 0. The van der Waals surface area contributed by atoms with Crippen LogP contribution in [0.1, 0.15) is 43.1 Å². The molecule has 2 aromatic rings. The summed E-state index contributed by atoms with van der Waals surface area (Å²) in [5.74, 6) is 0.758. The fourth-order valence-electron chi connectivity index (χ4n) is 2.93. The summed E-state index contributed by atoms with van der Waals surface area (Å²) in [4.78, 5) is 0. The van der Waals surface area contributed by atoms with Crippen molar-refractivity contribution in [2.24, 2.45) is 0 Å². The van der Waals surface area contributed by atoms with E-state index in [0.717, 1.165) is 31.6 Å². The molecule has 1 aliphatic rings. The first kappa shape index (κ1) is 12.3. The lowest BCUT2D eigenvalue weighted by molar-refractivity contribution is 0.374. The van der Waals surface area contributed by atoms with Gasteiger partial charge < -0.3 is 5.32 Å². The van der Waals surface area contributed by atoms with Crippen molar-refractivity contribution in [2.75, 3.05) is 6.54 Å². The molecule has 5 nitrogen and oxygen atoms in total. The van der Waals surface area contributed by atoms with Crippen molar-refractivity contribution in [1.82, 2.24) is 25.9 Å². The molecule has 3 rings (SSSR count). The average Bonchev–Trinajstić information content (AvgIpc) is 3.08. The maximum absolute atomic E-state index is 4.24. The third-order valence-electron chi connectivity index (χ3n) is 3.93. The Balaban J connectivity index is 1.99. The maximum Gasteiger partial charge on any atom is 0.199 e. The monoisotopic (exact) mass is 257 g/mol. The highest BCUT2D eigenvalue weighted by Gasteiger charge is 2.43. The predicted molar refractivity (Wildman–Crippen MR) is 72.6 cm³/mol. The number of tetrazole rings is 1. The normalized spacial score (nSPS) is 21.5. The molecule has 1 heterocycles. The molecule has 1 aliphatic carbocycles. The molecule has 0 amide bonds. The van der Waals surface area contributed by atoms with Crippen LogP contribution < -0.4 is 5.32 Å². The van der Waals surface area contributed by atoms with Crippen LogP contribution in [0.15, 0.2) is 24.3 Å². The molecule has 0 aliphatic heterocycles. The van der Waals surface area contributed by atoms with Crippen molar-refractivity contribution < 1.29 is 0 Å². The lowest BCUT2D eigenvalue weighted by Crippen LogP contribution is -2.43. The van der Waals surface area contributed by atoms with E-state index in [0.29, 0.717) is 0 Å². The molecule has 1 unspecified atom stereocenters. The zero-order chi connectivity index (χ0) is 13.1. The van der Waals surface area contributed by atoms with Gasteiger partial charge in [0.25, 0.3) is 0 Å². The van der Waals surface area contributed by atoms with E-state index in [1.54, 1.807) is 0 Å². The predicted octanol–water partition coefficient (Wildman–Crippen LogP) is 1.78. The number of aromatic nitrogens is 4. The summed E-state index contributed by atoms with van der Waals surface area (Å²) < 4.78 is 0. The number of fused-ring (bicyclic) bond motifs is 1. The first-order valence-electron chi connectivity index (χ1n) is 6.94. The second-order valence-electron chi connectivity index (χ2n) is 5.08. The Hall–Kier alpha value is -1.75. The number of hydrogen-bond donors (Lipinski definition) is 2. The molecule has 0 fully saturated rings. The van der Waals surface area contributed by atoms with E-state index in [1.807, 2.05) is 0 Å².